The van der Waals surface area contributed by atoms with Crippen molar-refractivity contribution in [2.75, 3.05) is 18.4 Å². The molecule has 15 heavy (non-hydrogen) atoms. The first kappa shape index (κ1) is 9.99. The number of aryl methyl sites for hydroxylation is 1. The van der Waals surface area contributed by atoms with Crippen LogP contribution in [-0.2, 0) is 0 Å². The van der Waals surface area contributed by atoms with E-state index in [0.29, 0.717) is 6.54 Å². The quantitative estimate of drug-likeness (QED) is 0.799. The second-order valence-corrected chi connectivity index (χ2v) is 3.69. The van der Waals surface area contributed by atoms with E-state index in [2.05, 4.69) is 48.6 Å². The zero-order valence-corrected chi connectivity index (χ0v) is 8.96. The Bertz CT molecular complexity index is 463. The topological polar surface area (TPSA) is 38.0 Å². The Labute approximate surface area is 90.1 Å². The van der Waals surface area contributed by atoms with Crippen LogP contribution in [0.5, 0.6) is 0 Å². The van der Waals surface area contributed by atoms with Gasteiger partial charge in [-0.05, 0) is 23.9 Å². The molecule has 0 aliphatic heterocycles. The van der Waals surface area contributed by atoms with Crippen molar-refractivity contribution in [3.05, 3.63) is 42.0 Å². The van der Waals surface area contributed by atoms with E-state index in [-0.39, 0.29) is 0 Å². The molecule has 0 saturated carbocycles. The fraction of sp³-hybridized carbons (Fsp3) is 0.231. The summed E-state index contributed by atoms with van der Waals surface area (Å²) >= 11 is 0. The summed E-state index contributed by atoms with van der Waals surface area (Å²) in [4.78, 5) is 0. The van der Waals surface area contributed by atoms with Crippen molar-refractivity contribution in [3.8, 4) is 0 Å². The van der Waals surface area contributed by atoms with Crippen LogP contribution in [0.25, 0.3) is 10.8 Å². The lowest BCUT2D eigenvalue weighted by atomic mass is 10.0. The molecule has 0 aliphatic carbocycles. The highest BCUT2D eigenvalue weighted by Gasteiger charge is 2.00. The molecule has 2 heteroatoms. The van der Waals surface area contributed by atoms with Crippen molar-refractivity contribution in [1.29, 1.82) is 0 Å². The second kappa shape index (κ2) is 4.32. The average molecular weight is 200 g/mol. The summed E-state index contributed by atoms with van der Waals surface area (Å²) in [5, 5.41) is 5.91. The predicted octanol–water partition coefficient (Wildman–Crippen LogP) is 2.52. The fourth-order valence-corrected chi connectivity index (χ4v) is 1.83. The lowest BCUT2D eigenvalue weighted by Crippen LogP contribution is -2.13. The molecule has 0 saturated heterocycles. The highest BCUT2D eigenvalue weighted by molar-refractivity contribution is 5.95. The summed E-state index contributed by atoms with van der Waals surface area (Å²) < 4.78 is 0. The van der Waals surface area contributed by atoms with Crippen molar-refractivity contribution in [3.63, 3.8) is 0 Å². The Kier molecular flexibility index (Phi) is 2.88. The van der Waals surface area contributed by atoms with Gasteiger partial charge in [-0.1, -0.05) is 30.3 Å². The van der Waals surface area contributed by atoms with Gasteiger partial charge in [-0.15, -0.1) is 0 Å². The summed E-state index contributed by atoms with van der Waals surface area (Å²) in [7, 11) is 0. The lowest BCUT2D eigenvalue weighted by molar-refractivity contribution is 1.03. The van der Waals surface area contributed by atoms with Gasteiger partial charge in [0.15, 0.2) is 0 Å². The van der Waals surface area contributed by atoms with Crippen molar-refractivity contribution in [1.82, 2.24) is 0 Å². The summed E-state index contributed by atoms with van der Waals surface area (Å²) in [6.45, 7) is 3.60. The van der Waals surface area contributed by atoms with Gasteiger partial charge < -0.3 is 11.1 Å². The summed E-state index contributed by atoms with van der Waals surface area (Å²) in [5.41, 5.74) is 7.97. The molecule has 0 spiro atoms. The summed E-state index contributed by atoms with van der Waals surface area (Å²) in [6, 6.07) is 12.7. The van der Waals surface area contributed by atoms with Crippen molar-refractivity contribution in [2.45, 2.75) is 6.92 Å². The average Bonchev–Trinajstić information content (AvgIpc) is 2.27. The molecule has 3 N–H and O–H groups in total. The highest BCUT2D eigenvalue weighted by atomic mass is 14.9. The van der Waals surface area contributed by atoms with Gasteiger partial charge >= 0.3 is 0 Å². The Balaban J connectivity index is 2.51. The molecular formula is C13H16N2. The van der Waals surface area contributed by atoms with Crippen LogP contribution in [-0.4, -0.2) is 13.1 Å². The molecule has 0 unspecified atom stereocenters. The van der Waals surface area contributed by atoms with E-state index in [4.69, 9.17) is 5.73 Å². The van der Waals surface area contributed by atoms with Gasteiger partial charge in [0.25, 0.3) is 0 Å². The van der Waals surface area contributed by atoms with Gasteiger partial charge in [-0.3, -0.25) is 0 Å². The van der Waals surface area contributed by atoms with E-state index >= 15 is 0 Å². The van der Waals surface area contributed by atoms with Crippen LogP contribution in [0.2, 0.25) is 0 Å². The predicted molar refractivity (Wildman–Crippen MR) is 66.2 cm³/mol. The standard InChI is InChI=1S/C13H16N2/c1-10-4-2-6-12-11(10)5-3-7-13(12)15-9-8-14/h2-7,15H,8-9,14H2,1H3. The van der Waals surface area contributed by atoms with Gasteiger partial charge in [0.1, 0.15) is 0 Å². The molecule has 2 rings (SSSR count). The van der Waals surface area contributed by atoms with Crippen LogP contribution in [0.4, 0.5) is 5.69 Å². The number of hydrogen-bond acceptors (Lipinski definition) is 2. The van der Waals surface area contributed by atoms with Gasteiger partial charge in [-0.2, -0.15) is 0 Å². The number of rotatable bonds is 3. The third kappa shape index (κ3) is 1.95. The van der Waals surface area contributed by atoms with Gasteiger partial charge in [0, 0.05) is 24.2 Å². The normalized spacial score (nSPS) is 10.5. The molecule has 2 aromatic carbocycles. The Morgan fingerprint density at radius 1 is 1.07 bits per heavy atom. The van der Waals surface area contributed by atoms with E-state index in [1.165, 1.54) is 22.0 Å². The Hall–Kier alpha value is -1.54. The van der Waals surface area contributed by atoms with E-state index in [1.807, 2.05) is 0 Å². The zero-order valence-electron chi connectivity index (χ0n) is 8.96. The fourth-order valence-electron chi connectivity index (χ4n) is 1.83. The minimum Gasteiger partial charge on any atom is -0.383 e. The minimum absolute atomic E-state index is 0.655. The van der Waals surface area contributed by atoms with Crippen LogP contribution < -0.4 is 11.1 Å². The van der Waals surface area contributed by atoms with Crippen LogP contribution >= 0.6 is 0 Å². The van der Waals surface area contributed by atoms with Crippen molar-refractivity contribution >= 4 is 16.5 Å². The van der Waals surface area contributed by atoms with Gasteiger partial charge in [0.05, 0.1) is 0 Å². The van der Waals surface area contributed by atoms with Crippen molar-refractivity contribution in [2.24, 2.45) is 5.73 Å². The summed E-state index contributed by atoms with van der Waals surface area (Å²) in [5.74, 6) is 0. The second-order valence-electron chi connectivity index (χ2n) is 3.69. The molecule has 0 radical (unpaired) electrons. The molecular weight excluding hydrogens is 184 g/mol. The number of fused-ring (bicyclic) bond motifs is 1. The van der Waals surface area contributed by atoms with E-state index in [1.54, 1.807) is 0 Å². The van der Waals surface area contributed by atoms with E-state index in [0.717, 1.165) is 6.54 Å². The molecule has 0 bridgehead atoms. The molecule has 0 atom stereocenters. The smallest absolute Gasteiger partial charge is 0.0420 e. The first-order valence-electron chi connectivity index (χ1n) is 5.25. The molecule has 0 fully saturated rings. The zero-order chi connectivity index (χ0) is 10.7. The van der Waals surface area contributed by atoms with Gasteiger partial charge in [0.2, 0.25) is 0 Å². The minimum atomic E-state index is 0.655. The first-order chi connectivity index (χ1) is 7.33. The van der Waals surface area contributed by atoms with E-state index < -0.39 is 0 Å². The third-order valence-electron chi connectivity index (χ3n) is 2.60. The number of nitrogens with one attached hydrogen (secondary N) is 1. The third-order valence-corrected chi connectivity index (χ3v) is 2.60. The highest BCUT2D eigenvalue weighted by Crippen LogP contribution is 2.25. The molecule has 2 nitrogen and oxygen atoms in total. The molecule has 0 aliphatic rings. The molecule has 0 aromatic heterocycles. The van der Waals surface area contributed by atoms with Crippen LogP contribution in [0, 0.1) is 6.92 Å². The Morgan fingerprint density at radius 2 is 1.80 bits per heavy atom. The first-order valence-corrected chi connectivity index (χ1v) is 5.25. The summed E-state index contributed by atoms with van der Waals surface area (Å²) in [6.07, 6.45) is 0. The molecule has 2 aromatic rings. The number of nitrogens with two attached hydrogens (primary N) is 1. The molecule has 78 valence electrons. The van der Waals surface area contributed by atoms with Crippen LogP contribution in [0.3, 0.4) is 0 Å². The molecule has 0 amide bonds. The van der Waals surface area contributed by atoms with Crippen molar-refractivity contribution < 1.29 is 0 Å². The van der Waals surface area contributed by atoms with Crippen LogP contribution in [0.15, 0.2) is 36.4 Å². The number of hydrogen-bond donors (Lipinski definition) is 2. The monoisotopic (exact) mass is 200 g/mol. The number of benzene rings is 2. The largest absolute Gasteiger partial charge is 0.383 e. The van der Waals surface area contributed by atoms with Gasteiger partial charge in [-0.25, -0.2) is 0 Å². The Morgan fingerprint density at radius 3 is 2.60 bits per heavy atom. The lowest BCUT2D eigenvalue weighted by Gasteiger charge is -2.09. The number of anilines is 1. The maximum atomic E-state index is 5.49. The SMILES string of the molecule is Cc1cccc2c(NCCN)cccc12. The maximum absolute atomic E-state index is 5.49. The maximum Gasteiger partial charge on any atom is 0.0420 e. The van der Waals surface area contributed by atoms with E-state index in [9.17, 15) is 0 Å². The molecule has 0 heterocycles. The van der Waals surface area contributed by atoms with Crippen LogP contribution in [0.1, 0.15) is 5.56 Å².